The van der Waals surface area contributed by atoms with Crippen molar-refractivity contribution in [2.75, 3.05) is 0 Å². The summed E-state index contributed by atoms with van der Waals surface area (Å²) in [5.41, 5.74) is 3.67. The van der Waals surface area contributed by atoms with E-state index in [1.165, 1.54) is 16.8 Å². The Hall–Kier alpha value is -1.33. The van der Waals surface area contributed by atoms with E-state index in [0.717, 1.165) is 19.6 Å². The quantitative estimate of drug-likeness (QED) is 0.898. The van der Waals surface area contributed by atoms with Gasteiger partial charge >= 0.3 is 0 Å². The SMILES string of the molecule is CCn1cc(CNCc2cnn(C)c2C)cn1.Cl. The van der Waals surface area contributed by atoms with Crippen LogP contribution in [0.1, 0.15) is 23.7 Å². The summed E-state index contributed by atoms with van der Waals surface area (Å²) < 4.78 is 3.83. The van der Waals surface area contributed by atoms with Gasteiger partial charge in [0.15, 0.2) is 0 Å². The molecule has 0 aromatic carbocycles. The van der Waals surface area contributed by atoms with Crippen LogP contribution in [0, 0.1) is 6.92 Å². The first kappa shape index (κ1) is 14.7. The summed E-state index contributed by atoms with van der Waals surface area (Å²) in [5.74, 6) is 0. The van der Waals surface area contributed by atoms with Crippen LogP contribution >= 0.6 is 12.4 Å². The molecule has 0 bridgehead atoms. The van der Waals surface area contributed by atoms with Crippen molar-refractivity contribution >= 4 is 12.4 Å². The van der Waals surface area contributed by atoms with E-state index in [4.69, 9.17) is 0 Å². The molecule has 6 heteroatoms. The van der Waals surface area contributed by atoms with Crippen LogP contribution in [0.25, 0.3) is 0 Å². The maximum atomic E-state index is 4.24. The number of rotatable bonds is 5. The molecule has 2 aromatic rings. The lowest BCUT2D eigenvalue weighted by molar-refractivity contribution is 0.655. The van der Waals surface area contributed by atoms with Gasteiger partial charge in [-0.25, -0.2) is 0 Å². The molecule has 0 saturated carbocycles. The first-order valence-electron chi connectivity index (χ1n) is 5.90. The molecule has 0 unspecified atom stereocenters. The summed E-state index contributed by atoms with van der Waals surface area (Å²) in [5, 5.41) is 11.9. The molecule has 0 aliphatic carbocycles. The Morgan fingerprint density at radius 2 is 2.00 bits per heavy atom. The molecular formula is C12H20ClN5. The van der Waals surface area contributed by atoms with Gasteiger partial charge in [0.2, 0.25) is 0 Å². The Balaban J connectivity index is 0.00000162. The van der Waals surface area contributed by atoms with Gasteiger partial charge in [-0.05, 0) is 13.8 Å². The van der Waals surface area contributed by atoms with Crippen LogP contribution in [0.5, 0.6) is 0 Å². The van der Waals surface area contributed by atoms with E-state index in [1.807, 2.05) is 28.8 Å². The van der Waals surface area contributed by atoms with Crippen LogP contribution in [0.2, 0.25) is 0 Å². The second kappa shape index (κ2) is 6.56. The molecule has 0 aliphatic rings. The van der Waals surface area contributed by atoms with Crippen molar-refractivity contribution in [1.29, 1.82) is 0 Å². The normalized spacial score (nSPS) is 10.4. The standard InChI is InChI=1S/C12H19N5.ClH/c1-4-17-9-11(6-15-17)5-13-7-12-8-14-16(3)10(12)2;/h6,8-9,13H,4-5,7H2,1-3H3;1H. The van der Waals surface area contributed by atoms with Crippen LogP contribution in [-0.2, 0) is 26.7 Å². The second-order valence-corrected chi connectivity index (χ2v) is 4.19. The molecule has 0 radical (unpaired) electrons. The maximum absolute atomic E-state index is 4.24. The first-order chi connectivity index (χ1) is 8.20. The number of nitrogens with one attached hydrogen (secondary N) is 1. The minimum atomic E-state index is 0. The lowest BCUT2D eigenvalue weighted by Crippen LogP contribution is -2.12. The maximum Gasteiger partial charge on any atom is 0.0537 e. The van der Waals surface area contributed by atoms with E-state index in [1.54, 1.807) is 0 Å². The zero-order valence-electron chi connectivity index (χ0n) is 11.1. The molecule has 18 heavy (non-hydrogen) atoms. The lowest BCUT2D eigenvalue weighted by Gasteiger charge is -2.02. The molecular weight excluding hydrogens is 250 g/mol. The van der Waals surface area contributed by atoms with E-state index < -0.39 is 0 Å². The fourth-order valence-electron chi connectivity index (χ4n) is 1.73. The number of aryl methyl sites for hydroxylation is 2. The summed E-state index contributed by atoms with van der Waals surface area (Å²) in [6.07, 6.45) is 5.90. The molecule has 0 spiro atoms. The molecule has 0 amide bonds. The monoisotopic (exact) mass is 269 g/mol. The summed E-state index contributed by atoms with van der Waals surface area (Å²) in [6.45, 7) is 6.77. The number of aromatic nitrogens is 4. The fourth-order valence-corrected chi connectivity index (χ4v) is 1.73. The van der Waals surface area contributed by atoms with Gasteiger partial charge in [0.25, 0.3) is 0 Å². The van der Waals surface area contributed by atoms with Gasteiger partial charge in [0.1, 0.15) is 0 Å². The van der Waals surface area contributed by atoms with E-state index in [9.17, 15) is 0 Å². The molecule has 0 saturated heterocycles. The van der Waals surface area contributed by atoms with Crippen LogP contribution in [0.4, 0.5) is 0 Å². The largest absolute Gasteiger partial charge is 0.308 e. The van der Waals surface area contributed by atoms with Gasteiger partial charge in [-0.2, -0.15) is 10.2 Å². The molecule has 5 nitrogen and oxygen atoms in total. The third-order valence-electron chi connectivity index (χ3n) is 2.99. The fraction of sp³-hybridized carbons (Fsp3) is 0.500. The van der Waals surface area contributed by atoms with Crippen molar-refractivity contribution < 1.29 is 0 Å². The minimum Gasteiger partial charge on any atom is -0.308 e. The summed E-state index contributed by atoms with van der Waals surface area (Å²) in [4.78, 5) is 0. The number of nitrogens with zero attached hydrogens (tertiary/aromatic N) is 4. The van der Waals surface area contributed by atoms with Crippen LogP contribution < -0.4 is 5.32 Å². The highest BCUT2D eigenvalue weighted by Crippen LogP contribution is 2.05. The smallest absolute Gasteiger partial charge is 0.0537 e. The van der Waals surface area contributed by atoms with E-state index in [2.05, 4.69) is 35.6 Å². The molecule has 2 aromatic heterocycles. The molecule has 2 heterocycles. The van der Waals surface area contributed by atoms with Gasteiger partial charge in [-0.1, -0.05) is 0 Å². The predicted octanol–water partition coefficient (Wildman–Crippen LogP) is 1.66. The third kappa shape index (κ3) is 3.34. The Labute approximate surface area is 114 Å². The van der Waals surface area contributed by atoms with Crippen LogP contribution in [0.15, 0.2) is 18.6 Å². The molecule has 0 aliphatic heterocycles. The van der Waals surface area contributed by atoms with Gasteiger partial charge in [0.05, 0.1) is 12.4 Å². The molecule has 0 fully saturated rings. The first-order valence-corrected chi connectivity index (χ1v) is 5.90. The Bertz CT molecular complexity index is 488. The molecule has 0 atom stereocenters. The Kier molecular flexibility index (Phi) is 5.37. The van der Waals surface area contributed by atoms with Crippen LogP contribution in [0.3, 0.4) is 0 Å². The Morgan fingerprint density at radius 1 is 1.22 bits per heavy atom. The number of hydrogen-bond acceptors (Lipinski definition) is 3. The van der Waals surface area contributed by atoms with E-state index in [0.29, 0.717) is 0 Å². The van der Waals surface area contributed by atoms with Crippen molar-refractivity contribution in [3.63, 3.8) is 0 Å². The Morgan fingerprint density at radius 3 is 2.56 bits per heavy atom. The van der Waals surface area contributed by atoms with Crippen molar-refractivity contribution in [2.45, 2.75) is 33.5 Å². The van der Waals surface area contributed by atoms with Crippen molar-refractivity contribution in [3.05, 3.63) is 35.4 Å². The highest BCUT2D eigenvalue weighted by molar-refractivity contribution is 5.85. The lowest BCUT2D eigenvalue weighted by atomic mass is 10.2. The van der Waals surface area contributed by atoms with Gasteiger partial charge in [0, 0.05) is 49.7 Å². The predicted molar refractivity (Wildman–Crippen MR) is 73.6 cm³/mol. The minimum absolute atomic E-state index is 0. The van der Waals surface area contributed by atoms with E-state index >= 15 is 0 Å². The average molecular weight is 270 g/mol. The summed E-state index contributed by atoms with van der Waals surface area (Å²) in [7, 11) is 1.96. The highest BCUT2D eigenvalue weighted by atomic mass is 35.5. The second-order valence-electron chi connectivity index (χ2n) is 4.19. The zero-order valence-corrected chi connectivity index (χ0v) is 11.9. The van der Waals surface area contributed by atoms with E-state index in [-0.39, 0.29) is 12.4 Å². The molecule has 2 rings (SSSR count). The topological polar surface area (TPSA) is 47.7 Å². The summed E-state index contributed by atoms with van der Waals surface area (Å²) in [6, 6.07) is 0. The van der Waals surface area contributed by atoms with Crippen molar-refractivity contribution in [2.24, 2.45) is 7.05 Å². The average Bonchev–Trinajstić information content (AvgIpc) is 2.90. The van der Waals surface area contributed by atoms with Crippen molar-refractivity contribution in [3.8, 4) is 0 Å². The zero-order chi connectivity index (χ0) is 12.3. The van der Waals surface area contributed by atoms with Gasteiger partial charge in [-0.15, -0.1) is 12.4 Å². The number of hydrogen-bond donors (Lipinski definition) is 1. The third-order valence-corrected chi connectivity index (χ3v) is 2.99. The van der Waals surface area contributed by atoms with Gasteiger partial charge < -0.3 is 5.32 Å². The van der Waals surface area contributed by atoms with Crippen LogP contribution in [-0.4, -0.2) is 19.6 Å². The number of halogens is 1. The summed E-state index contributed by atoms with van der Waals surface area (Å²) >= 11 is 0. The van der Waals surface area contributed by atoms with Gasteiger partial charge in [-0.3, -0.25) is 9.36 Å². The molecule has 1 N–H and O–H groups in total. The van der Waals surface area contributed by atoms with Crippen molar-refractivity contribution in [1.82, 2.24) is 24.9 Å². The molecule has 100 valence electrons. The highest BCUT2D eigenvalue weighted by Gasteiger charge is 2.03.